The number of carbonyl (C=O) groups is 1. The molecule has 0 fully saturated rings. The minimum atomic E-state index is -0.990. The first-order chi connectivity index (χ1) is 42.0. The van der Waals surface area contributed by atoms with Crippen LogP contribution in [0.1, 0.15) is 59.0 Å². The second-order valence-corrected chi connectivity index (χ2v) is 21.2. The summed E-state index contributed by atoms with van der Waals surface area (Å²) in [7, 11) is 0. The van der Waals surface area contributed by atoms with Crippen LogP contribution in [0, 0.1) is 23.6 Å². The van der Waals surface area contributed by atoms with Crippen LogP contribution in [0.25, 0.3) is 98.4 Å². The Labute approximate surface area is 565 Å². The van der Waals surface area contributed by atoms with E-state index in [-0.39, 0.29) is 94.5 Å². The molecule has 4 aromatic heterocycles. The van der Waals surface area contributed by atoms with Crippen molar-refractivity contribution in [1.82, 2.24) is 19.9 Å². The van der Waals surface area contributed by atoms with Crippen LogP contribution in [0.3, 0.4) is 0 Å². The topological polar surface area (TPSA) is 172 Å². The summed E-state index contributed by atoms with van der Waals surface area (Å²) < 4.78 is 0. The predicted molar refractivity (Wildman–Crippen MR) is 358 cm³/mol. The average Bonchev–Trinajstić information content (AvgIpc) is 0.846. The van der Waals surface area contributed by atoms with Gasteiger partial charge < -0.3 is 30.3 Å². The van der Waals surface area contributed by atoms with Gasteiger partial charge in [-0.25, -0.2) is 9.78 Å². The molecule has 5 N–H and O–H groups in total. The quantitative estimate of drug-likeness (QED) is 0.0485. The zero-order valence-corrected chi connectivity index (χ0v) is 57.8. The third-order valence-corrected chi connectivity index (χ3v) is 14.0. The van der Waals surface area contributed by atoms with Crippen molar-refractivity contribution in [3.63, 3.8) is 0 Å². The molecule has 0 saturated carbocycles. The van der Waals surface area contributed by atoms with E-state index < -0.39 is 5.97 Å². The van der Waals surface area contributed by atoms with Gasteiger partial charge in [-0.3, -0.25) is 9.59 Å². The van der Waals surface area contributed by atoms with Crippen molar-refractivity contribution in [3.8, 4) is 33.8 Å². The number of pyridine rings is 4. The number of aliphatic hydroxyl groups excluding tert-OH is 2. The zero-order chi connectivity index (χ0) is 61.9. The van der Waals surface area contributed by atoms with E-state index in [1.165, 1.54) is 104 Å². The van der Waals surface area contributed by atoms with Crippen molar-refractivity contribution in [2.75, 3.05) is 0 Å². The first-order valence-corrected chi connectivity index (χ1v) is 28.2. The molecule has 13 rings (SSSR count). The molecule has 0 aliphatic rings. The van der Waals surface area contributed by atoms with Crippen LogP contribution >= 0.6 is 0 Å². The van der Waals surface area contributed by atoms with E-state index in [0.29, 0.717) is 5.57 Å². The summed E-state index contributed by atoms with van der Waals surface area (Å²) in [5.74, 6) is -0.314. The number of carboxylic acids is 1. The zero-order valence-electron chi connectivity index (χ0n) is 50.6. The molecule has 0 bridgehead atoms. The Morgan fingerprint density at radius 1 is 0.400 bits per heavy atom. The molecule has 0 atom stereocenters. The van der Waals surface area contributed by atoms with Gasteiger partial charge >= 0.3 is 17.5 Å². The molecule has 13 aromatic rings. The molecule has 0 amide bonds. The van der Waals surface area contributed by atoms with Gasteiger partial charge in [-0.1, -0.05) is 136 Å². The number of hydrogen-bond donors (Lipinski definition) is 3. The maximum absolute atomic E-state index is 10.1. The summed E-state index contributed by atoms with van der Waals surface area (Å²) in [6, 6.07) is 83.0. The number of nitrogens with zero attached hydrogens (tertiary/aromatic N) is 4. The molecule has 10 nitrogen and oxygen atoms in total. The number of fused-ring (bicyclic) bond motifs is 9. The van der Waals surface area contributed by atoms with Gasteiger partial charge in [0.1, 0.15) is 17.2 Å². The van der Waals surface area contributed by atoms with Crippen LogP contribution in [0.15, 0.2) is 266 Å². The van der Waals surface area contributed by atoms with Crippen molar-refractivity contribution >= 4 is 82.2 Å². The van der Waals surface area contributed by atoms with E-state index in [2.05, 4.69) is 184 Å². The number of aromatic carboxylic acids is 1. The van der Waals surface area contributed by atoms with E-state index in [0.717, 1.165) is 33.8 Å². The summed E-state index contributed by atoms with van der Waals surface area (Å²) >= 11 is 0. The maximum Gasteiger partial charge on any atom is 0.354 e. The van der Waals surface area contributed by atoms with E-state index in [1.54, 1.807) is 19.1 Å². The fourth-order valence-corrected chi connectivity index (χ4v) is 9.24. The van der Waals surface area contributed by atoms with E-state index in [4.69, 9.17) is 19.8 Å². The Balaban J connectivity index is 0.000000203. The second-order valence-electron chi connectivity index (χ2n) is 21.2. The number of carbonyl (C=O) groups excluding carboxylic acids is 2. The van der Waals surface area contributed by atoms with Gasteiger partial charge in [0.15, 0.2) is 0 Å². The molecule has 0 spiro atoms. The van der Waals surface area contributed by atoms with Crippen molar-refractivity contribution < 1.29 is 90.0 Å². The SMILES string of the molecule is CC(=[OH+])C(C)=C(C)O.CC(=[OH+])C=C(O)C(C)(C)C.O=C(O)c1ccccn1.[Ir].[Ir].[Ir].[c-]1ccccc1-c1nccc2c1ccc1ccccc12.[c-]1ccccc1-c1nccc2c1ccc1ccccc12.[c-]1ccccc1-c1nccc2c1ccc1ccccc12. The van der Waals surface area contributed by atoms with Crippen molar-refractivity contribution in [3.05, 3.63) is 290 Å². The van der Waals surface area contributed by atoms with E-state index in [9.17, 15) is 9.90 Å². The smallest absolute Gasteiger partial charge is 0.354 e. The number of aromatic nitrogens is 4. The molecule has 0 aliphatic heterocycles. The van der Waals surface area contributed by atoms with Crippen LogP contribution in [-0.2, 0) is 60.3 Å². The molecule has 0 unspecified atom stereocenters. The molecule has 13 heteroatoms. The second kappa shape index (κ2) is 34.7. The Hall–Kier alpha value is -9.02. The number of allylic oxidation sites excluding steroid dienone is 4. The molecular weight excluding hydrogens is 1650 g/mol. The third kappa shape index (κ3) is 19.0. The summed E-state index contributed by atoms with van der Waals surface area (Å²) in [6.45, 7) is 11.9. The number of benzene rings is 9. The van der Waals surface area contributed by atoms with Gasteiger partial charge in [-0.05, 0) is 126 Å². The van der Waals surface area contributed by atoms with E-state index >= 15 is 0 Å². The molecule has 3 radical (unpaired) electrons. The monoisotopic (exact) mass is 1720 g/mol. The van der Waals surface area contributed by atoms with Gasteiger partial charge in [0, 0.05) is 90.5 Å². The largest absolute Gasteiger partial charge is 0.512 e. The summed E-state index contributed by atoms with van der Waals surface area (Å²) in [5.41, 5.74) is 6.44. The van der Waals surface area contributed by atoms with Crippen LogP contribution in [0.4, 0.5) is 0 Å². The van der Waals surface area contributed by atoms with Crippen LogP contribution in [0.5, 0.6) is 0 Å². The fourth-order valence-electron chi connectivity index (χ4n) is 9.24. The number of carboxylic acid groups (broad SMARTS) is 1. The molecule has 0 aliphatic carbocycles. The molecular formula is C77H67Ir3N4O6-. The number of ketones is 2. The first kappa shape index (κ1) is 71.7. The Kier molecular flexibility index (Phi) is 27.6. The molecule has 0 saturated heterocycles. The number of aliphatic hydroxyl groups is 2. The summed E-state index contributed by atoms with van der Waals surface area (Å²) in [4.78, 5) is 44.8. The fraction of sp³-hybridized carbons (Fsp3) is 0.104. The summed E-state index contributed by atoms with van der Waals surface area (Å²) in [6.07, 6.45) is 8.45. The maximum atomic E-state index is 10.1. The predicted octanol–water partition coefficient (Wildman–Crippen LogP) is 18.8. The van der Waals surface area contributed by atoms with Crippen LogP contribution < -0.4 is 0 Å². The van der Waals surface area contributed by atoms with Crippen molar-refractivity contribution in [2.45, 2.75) is 48.5 Å². The number of hydrogen-bond acceptors (Lipinski definition) is 7. The first-order valence-electron chi connectivity index (χ1n) is 28.2. The third-order valence-electron chi connectivity index (χ3n) is 14.0. The van der Waals surface area contributed by atoms with Crippen LogP contribution in [-0.4, -0.2) is 62.4 Å². The Morgan fingerprint density at radius 2 is 0.744 bits per heavy atom. The van der Waals surface area contributed by atoms with Gasteiger partial charge in [0.2, 0.25) is 0 Å². The normalized spacial score (nSPS) is 10.9. The Bertz CT molecular complexity index is 4210. The van der Waals surface area contributed by atoms with Crippen molar-refractivity contribution in [2.24, 2.45) is 5.41 Å². The molecule has 4 heterocycles. The minimum Gasteiger partial charge on any atom is -0.512 e. The van der Waals surface area contributed by atoms with Gasteiger partial charge in [-0.15, -0.1) is 108 Å². The van der Waals surface area contributed by atoms with Gasteiger partial charge in [0.05, 0.1) is 25.5 Å². The molecule has 90 heavy (non-hydrogen) atoms. The van der Waals surface area contributed by atoms with Gasteiger partial charge in [-0.2, -0.15) is 0 Å². The Morgan fingerprint density at radius 3 is 0.989 bits per heavy atom. The van der Waals surface area contributed by atoms with Crippen LogP contribution in [0.2, 0.25) is 0 Å². The van der Waals surface area contributed by atoms with E-state index in [1.807, 2.05) is 94.0 Å². The minimum absolute atomic E-state index is 0. The number of rotatable bonds is 6. The van der Waals surface area contributed by atoms with Gasteiger partial charge in [0.25, 0.3) is 0 Å². The van der Waals surface area contributed by atoms with Crippen molar-refractivity contribution in [1.29, 1.82) is 0 Å². The standard InChI is InChI=1S/3C19H12N.C8H14O2.C6H5NO2.C6H10O2.3Ir/c3*1-2-7-15(8-3-1)19-18-11-10-14-6-4-5-9-16(14)17(18)12-13-20-19;1-6(9)5-7(10)8(2,3)4;8-6(9)5-3-1-2-4-7-5;1-4(5(2)7)6(3)8;;;/h3*1-7,9-13H;5,10H,1-4H3;1-4H,(H,8,9);7H,1-3H3;;;/q3*-1;;;;;;/p+2. The molecule has 459 valence electrons. The summed E-state index contributed by atoms with van der Waals surface area (Å²) in [5, 5.41) is 41.1. The molecule has 9 aromatic carbocycles. The average molecular weight is 1720 g/mol.